The fraction of sp³-hybridized carbons (Fsp3) is 1.00. The van der Waals surface area contributed by atoms with E-state index in [1.807, 2.05) is 27.7 Å². The lowest BCUT2D eigenvalue weighted by molar-refractivity contribution is 0.308. The van der Waals surface area contributed by atoms with Crippen molar-refractivity contribution in [1.82, 2.24) is 0 Å². The summed E-state index contributed by atoms with van der Waals surface area (Å²) in [5, 5.41) is 0. The van der Waals surface area contributed by atoms with Gasteiger partial charge in [-0.1, -0.05) is 27.7 Å². The molecule has 0 bridgehead atoms. The van der Waals surface area contributed by atoms with Gasteiger partial charge in [0.1, 0.15) is 0 Å². The van der Waals surface area contributed by atoms with Crippen LogP contribution < -0.4 is 0 Å². The smallest absolute Gasteiger partial charge is 0.156 e. The van der Waals surface area contributed by atoms with Gasteiger partial charge in [-0.05, 0) is 24.7 Å². The monoisotopic (exact) mass is 204 g/mol. The van der Waals surface area contributed by atoms with Gasteiger partial charge in [-0.2, -0.15) is 0 Å². The zero-order valence-electron chi connectivity index (χ0n) is 9.00. The lowest BCUT2D eigenvalue weighted by Crippen LogP contribution is -2.45. The van der Waals surface area contributed by atoms with Crippen LogP contribution in [0.2, 0.25) is 0 Å². The third kappa shape index (κ3) is 1.41. The molecule has 1 rings (SSSR count). The molecule has 2 nitrogen and oxygen atoms in total. The Balaban J connectivity index is 3.19. The second-order valence-electron chi connectivity index (χ2n) is 4.69. The van der Waals surface area contributed by atoms with E-state index >= 15 is 0 Å². The molecule has 0 aliphatic carbocycles. The molecule has 0 aromatic rings. The van der Waals surface area contributed by atoms with Crippen molar-refractivity contribution in [3.8, 4) is 0 Å². The molecule has 0 N–H and O–H groups in total. The van der Waals surface area contributed by atoms with Gasteiger partial charge in [0, 0.05) is 0 Å². The van der Waals surface area contributed by atoms with Crippen molar-refractivity contribution in [1.29, 1.82) is 0 Å². The highest BCUT2D eigenvalue weighted by Crippen LogP contribution is 2.44. The lowest BCUT2D eigenvalue weighted by atomic mass is 9.81. The molecule has 0 unspecified atom stereocenters. The molecule has 0 aromatic carbocycles. The largest absolute Gasteiger partial charge is 0.228 e. The molecule has 13 heavy (non-hydrogen) atoms. The highest BCUT2D eigenvalue weighted by molar-refractivity contribution is 7.93. The van der Waals surface area contributed by atoms with Crippen molar-refractivity contribution >= 4 is 9.84 Å². The maximum Gasteiger partial charge on any atom is 0.156 e. The van der Waals surface area contributed by atoms with Gasteiger partial charge < -0.3 is 0 Å². The Hall–Kier alpha value is -0.0500. The topological polar surface area (TPSA) is 34.1 Å². The first-order valence-corrected chi connectivity index (χ1v) is 6.72. The standard InChI is InChI=1S/C10H20O2S/c1-8(2)10(9(3)4)6-5-7-13(10,11)12/h8-9H,5-7H2,1-4H3. The summed E-state index contributed by atoms with van der Waals surface area (Å²) in [7, 11) is -2.85. The van der Waals surface area contributed by atoms with E-state index < -0.39 is 14.6 Å². The van der Waals surface area contributed by atoms with Gasteiger partial charge in [0.15, 0.2) is 9.84 Å². The summed E-state index contributed by atoms with van der Waals surface area (Å²) >= 11 is 0. The highest BCUT2D eigenvalue weighted by Gasteiger charge is 2.51. The van der Waals surface area contributed by atoms with E-state index in [1.165, 1.54) is 0 Å². The van der Waals surface area contributed by atoms with E-state index in [0.717, 1.165) is 12.8 Å². The molecule has 0 saturated carbocycles. The summed E-state index contributed by atoms with van der Waals surface area (Å²) in [6.45, 7) is 8.12. The molecule has 1 saturated heterocycles. The predicted octanol–water partition coefficient (Wildman–Crippen LogP) is 2.25. The average Bonchev–Trinajstić information content (AvgIpc) is 2.25. The second-order valence-corrected chi connectivity index (χ2v) is 7.08. The van der Waals surface area contributed by atoms with E-state index in [-0.39, 0.29) is 11.8 Å². The van der Waals surface area contributed by atoms with Gasteiger partial charge in [0.25, 0.3) is 0 Å². The molecule has 0 spiro atoms. The third-order valence-electron chi connectivity index (χ3n) is 3.51. The summed E-state index contributed by atoms with van der Waals surface area (Å²) in [5.41, 5.74) is 0. The van der Waals surface area contributed by atoms with Crippen LogP contribution in [0.25, 0.3) is 0 Å². The summed E-state index contributed by atoms with van der Waals surface area (Å²) in [5.74, 6) is 0.864. The molecule has 1 aliphatic heterocycles. The molecule has 0 radical (unpaired) electrons. The Kier molecular flexibility index (Phi) is 2.77. The van der Waals surface area contributed by atoms with Crippen molar-refractivity contribution in [3.63, 3.8) is 0 Å². The van der Waals surface area contributed by atoms with Crippen molar-refractivity contribution in [2.45, 2.75) is 45.3 Å². The molecule has 0 amide bonds. The molecular weight excluding hydrogens is 184 g/mol. The highest BCUT2D eigenvalue weighted by atomic mass is 32.2. The van der Waals surface area contributed by atoms with Crippen molar-refractivity contribution < 1.29 is 8.42 Å². The quantitative estimate of drug-likeness (QED) is 0.691. The summed E-state index contributed by atoms with van der Waals surface area (Å²) in [4.78, 5) is 0. The Morgan fingerprint density at radius 1 is 1.08 bits per heavy atom. The molecule has 0 atom stereocenters. The molecular formula is C10H20O2S. The molecule has 1 aliphatic rings. The van der Waals surface area contributed by atoms with Crippen LogP contribution in [0.5, 0.6) is 0 Å². The summed E-state index contributed by atoms with van der Waals surface area (Å²) < 4.78 is 23.5. The molecule has 1 heterocycles. The molecule has 1 fully saturated rings. The van der Waals surface area contributed by atoms with Crippen LogP contribution in [0.15, 0.2) is 0 Å². The first-order chi connectivity index (χ1) is 5.84. The van der Waals surface area contributed by atoms with Crippen molar-refractivity contribution in [2.75, 3.05) is 5.75 Å². The second kappa shape index (κ2) is 3.26. The summed E-state index contributed by atoms with van der Waals surface area (Å²) in [6.07, 6.45) is 1.70. The van der Waals surface area contributed by atoms with Crippen LogP contribution in [0.3, 0.4) is 0 Å². The number of hydrogen-bond acceptors (Lipinski definition) is 2. The molecule has 0 aromatic heterocycles. The van der Waals surface area contributed by atoms with E-state index in [4.69, 9.17) is 0 Å². The normalized spacial score (nSPS) is 25.7. The fourth-order valence-corrected chi connectivity index (χ4v) is 5.64. The van der Waals surface area contributed by atoms with E-state index in [1.54, 1.807) is 0 Å². The van der Waals surface area contributed by atoms with Crippen LogP contribution in [0, 0.1) is 11.8 Å². The van der Waals surface area contributed by atoms with Crippen molar-refractivity contribution in [3.05, 3.63) is 0 Å². The van der Waals surface area contributed by atoms with Crippen LogP contribution in [0.1, 0.15) is 40.5 Å². The fourth-order valence-electron chi connectivity index (χ4n) is 2.85. The Morgan fingerprint density at radius 3 is 1.69 bits per heavy atom. The minimum absolute atomic E-state index is 0.236. The summed E-state index contributed by atoms with van der Waals surface area (Å²) in [6, 6.07) is 0. The van der Waals surface area contributed by atoms with Gasteiger partial charge >= 0.3 is 0 Å². The predicted molar refractivity (Wildman–Crippen MR) is 55.4 cm³/mol. The minimum atomic E-state index is -2.85. The average molecular weight is 204 g/mol. The number of hydrogen-bond donors (Lipinski definition) is 0. The van der Waals surface area contributed by atoms with E-state index in [9.17, 15) is 8.42 Å². The lowest BCUT2D eigenvalue weighted by Gasteiger charge is -2.36. The van der Waals surface area contributed by atoms with Gasteiger partial charge in [-0.25, -0.2) is 8.42 Å². The van der Waals surface area contributed by atoms with Gasteiger partial charge in [0.2, 0.25) is 0 Å². The SMILES string of the molecule is CC(C)C1(C(C)C)CCCS1(=O)=O. The zero-order chi connectivity index (χ0) is 10.3. The number of sulfone groups is 1. The number of rotatable bonds is 2. The van der Waals surface area contributed by atoms with E-state index in [0.29, 0.717) is 5.75 Å². The van der Waals surface area contributed by atoms with Crippen LogP contribution in [0.4, 0.5) is 0 Å². The Labute approximate surface area is 81.6 Å². The Bertz CT molecular complexity index is 267. The minimum Gasteiger partial charge on any atom is -0.228 e. The maximum atomic E-state index is 12.0. The maximum absolute atomic E-state index is 12.0. The molecule has 3 heteroatoms. The van der Waals surface area contributed by atoms with Gasteiger partial charge in [-0.3, -0.25) is 0 Å². The van der Waals surface area contributed by atoms with Crippen LogP contribution in [-0.2, 0) is 9.84 Å². The van der Waals surface area contributed by atoms with Gasteiger partial charge in [-0.15, -0.1) is 0 Å². The zero-order valence-corrected chi connectivity index (χ0v) is 9.82. The first kappa shape index (κ1) is 11.0. The first-order valence-electron chi connectivity index (χ1n) is 5.07. The van der Waals surface area contributed by atoms with E-state index in [2.05, 4.69) is 0 Å². The Morgan fingerprint density at radius 2 is 1.54 bits per heavy atom. The van der Waals surface area contributed by atoms with Crippen LogP contribution in [-0.4, -0.2) is 18.9 Å². The van der Waals surface area contributed by atoms with Crippen molar-refractivity contribution in [2.24, 2.45) is 11.8 Å². The molecule has 78 valence electrons. The third-order valence-corrected chi connectivity index (χ3v) is 6.65. The van der Waals surface area contributed by atoms with Gasteiger partial charge in [0.05, 0.1) is 10.5 Å². The van der Waals surface area contributed by atoms with Crippen LogP contribution >= 0.6 is 0 Å².